The van der Waals surface area contributed by atoms with Gasteiger partial charge in [0, 0.05) is 4.90 Å². The lowest BCUT2D eigenvalue weighted by atomic mass is 10.0. The average Bonchev–Trinajstić information content (AvgIpc) is 2.79. The van der Waals surface area contributed by atoms with E-state index in [2.05, 4.69) is 15.5 Å². The Balaban J connectivity index is 1.86. The number of hydrogen-bond acceptors (Lipinski definition) is 8. The van der Waals surface area contributed by atoms with Crippen LogP contribution in [0.2, 0.25) is 0 Å². The van der Waals surface area contributed by atoms with E-state index in [1.807, 2.05) is 12.1 Å². The van der Waals surface area contributed by atoms with E-state index < -0.39 is 54.9 Å². The summed E-state index contributed by atoms with van der Waals surface area (Å²) in [6, 6.07) is 5.49. The van der Waals surface area contributed by atoms with E-state index in [1.54, 1.807) is 26.0 Å². The molecule has 0 bridgehead atoms. The number of nitrogens with one attached hydrogen (secondary N) is 1. The summed E-state index contributed by atoms with van der Waals surface area (Å²) in [6.07, 6.45) is -0.149. The topological polar surface area (TPSA) is 139 Å². The summed E-state index contributed by atoms with van der Waals surface area (Å²) < 4.78 is 18.3. The lowest BCUT2D eigenvalue weighted by molar-refractivity contribution is -0.141. The van der Waals surface area contributed by atoms with Gasteiger partial charge in [0.1, 0.15) is 12.7 Å². The minimum absolute atomic E-state index is 0.415. The van der Waals surface area contributed by atoms with Crippen molar-refractivity contribution in [3.8, 4) is 0 Å². The molecule has 2 amide bonds. The Kier molecular flexibility index (Phi) is 7.59. The van der Waals surface area contributed by atoms with Crippen molar-refractivity contribution in [3.05, 3.63) is 36.7 Å². The smallest absolute Gasteiger partial charge is 0.419 e. The fourth-order valence-electron chi connectivity index (χ4n) is 3.14. The highest BCUT2D eigenvalue weighted by molar-refractivity contribution is 7.99. The third-order valence-corrected chi connectivity index (χ3v) is 5.83. The Bertz CT molecular complexity index is 1040. The molecule has 2 unspecified atom stereocenters. The van der Waals surface area contributed by atoms with Crippen molar-refractivity contribution in [2.24, 2.45) is 5.92 Å². The fraction of sp³-hybridized carbons (Fsp3) is 0.333. The van der Waals surface area contributed by atoms with Gasteiger partial charge in [-0.25, -0.2) is 14.1 Å². The molecule has 10 nitrogen and oxygen atoms in total. The van der Waals surface area contributed by atoms with Crippen molar-refractivity contribution in [2.75, 3.05) is 11.6 Å². The first-order valence-corrected chi connectivity index (χ1v) is 10.7. The first kappa shape index (κ1) is 24.1. The number of carboxylic acids is 1. The molecular formula is C21H21FN4O6S. The number of fused-ring (bicyclic) bond motifs is 2. The zero-order valence-corrected chi connectivity index (χ0v) is 18.5. The predicted octanol–water partition coefficient (Wildman–Crippen LogP) is 2.74. The van der Waals surface area contributed by atoms with E-state index >= 15 is 0 Å². The van der Waals surface area contributed by atoms with Gasteiger partial charge in [0.2, 0.25) is 0 Å². The van der Waals surface area contributed by atoms with E-state index in [0.717, 1.165) is 4.90 Å². The molecule has 2 heterocycles. The lowest BCUT2D eigenvalue weighted by Gasteiger charge is -2.31. The molecule has 0 fully saturated rings. The van der Waals surface area contributed by atoms with Crippen LogP contribution in [-0.2, 0) is 19.1 Å². The van der Waals surface area contributed by atoms with Crippen molar-refractivity contribution in [1.29, 1.82) is 0 Å². The van der Waals surface area contributed by atoms with Crippen LogP contribution in [0.3, 0.4) is 0 Å². The van der Waals surface area contributed by atoms with Crippen LogP contribution in [-0.4, -0.2) is 57.9 Å². The number of carbonyl (C=O) groups excluding carboxylic acids is 3. The first-order valence-electron chi connectivity index (χ1n) is 9.92. The summed E-state index contributed by atoms with van der Waals surface area (Å²) >= 11 is 1.40. The highest BCUT2D eigenvalue weighted by Gasteiger charge is 2.36. The van der Waals surface area contributed by atoms with Crippen molar-refractivity contribution < 1.29 is 33.4 Å². The summed E-state index contributed by atoms with van der Waals surface area (Å²) in [6.45, 7) is 1.78. The third-order valence-electron chi connectivity index (χ3n) is 4.73. The maximum Gasteiger partial charge on any atom is 0.419 e. The number of ether oxygens (including phenoxy) is 1. The number of hydrogen-bond donors (Lipinski definition) is 2. The van der Waals surface area contributed by atoms with Crippen LogP contribution >= 0.6 is 11.8 Å². The number of nitrogens with zero attached hydrogens (tertiary/aromatic N) is 3. The second-order valence-corrected chi connectivity index (χ2v) is 8.53. The Labute approximate surface area is 192 Å². The number of rotatable bonds is 8. The minimum Gasteiger partial charge on any atom is -0.481 e. The number of aliphatic carboxylic acids is 1. The SMILES string of the molecule is CC(C)C(OC(=O)N1c2ccccc2Sc2cnncc21)C(=O)NC(CC(=O)O)C(=O)CF. The number of amides is 2. The monoisotopic (exact) mass is 476 g/mol. The largest absolute Gasteiger partial charge is 0.481 e. The summed E-state index contributed by atoms with van der Waals surface area (Å²) in [5.74, 6) is -3.92. The molecule has 0 spiro atoms. The zero-order chi connectivity index (χ0) is 24.1. The van der Waals surface area contributed by atoms with Crippen LogP contribution in [0.15, 0.2) is 46.5 Å². The maximum atomic E-state index is 13.2. The Hall–Kier alpha value is -3.54. The molecule has 2 N–H and O–H groups in total. The van der Waals surface area contributed by atoms with Crippen molar-refractivity contribution in [3.63, 3.8) is 0 Å². The van der Waals surface area contributed by atoms with Crippen LogP contribution < -0.4 is 10.2 Å². The highest BCUT2D eigenvalue weighted by atomic mass is 32.2. The van der Waals surface area contributed by atoms with E-state index in [4.69, 9.17) is 9.84 Å². The fourth-order valence-corrected chi connectivity index (χ4v) is 4.14. The summed E-state index contributed by atoms with van der Waals surface area (Å²) in [5, 5.41) is 18.8. The summed E-state index contributed by atoms with van der Waals surface area (Å²) in [5.41, 5.74) is 0.935. The lowest BCUT2D eigenvalue weighted by Crippen LogP contribution is -2.50. The van der Waals surface area contributed by atoms with Crippen molar-refractivity contribution in [1.82, 2.24) is 15.5 Å². The summed E-state index contributed by atoms with van der Waals surface area (Å²) in [4.78, 5) is 51.5. The number of carboxylic acid groups (broad SMARTS) is 1. The molecule has 0 saturated heterocycles. The number of aromatic nitrogens is 2. The highest BCUT2D eigenvalue weighted by Crippen LogP contribution is 2.47. The first-order chi connectivity index (χ1) is 15.7. The molecule has 0 saturated carbocycles. The van der Waals surface area contributed by atoms with Gasteiger partial charge in [0.05, 0.1) is 35.1 Å². The number of alkyl halides is 1. The van der Waals surface area contributed by atoms with Crippen LogP contribution in [0.1, 0.15) is 20.3 Å². The predicted molar refractivity (Wildman–Crippen MR) is 115 cm³/mol. The van der Waals surface area contributed by atoms with Gasteiger partial charge in [0.15, 0.2) is 11.9 Å². The Morgan fingerprint density at radius 3 is 2.48 bits per heavy atom. The standard InChI is InChI=1S/C21H21FN4O6S/c1-11(2)19(20(30)25-12(7-18(28)29)15(27)8-22)32-21(31)26-13-5-3-4-6-16(13)33-17-10-24-23-9-14(17)26/h3-6,9-12,19H,7-8H2,1-2H3,(H,25,30)(H,28,29). The molecule has 2 atom stereocenters. The minimum atomic E-state index is -1.58. The van der Waals surface area contributed by atoms with E-state index in [-0.39, 0.29) is 0 Å². The van der Waals surface area contributed by atoms with E-state index in [1.165, 1.54) is 29.1 Å². The molecule has 33 heavy (non-hydrogen) atoms. The van der Waals surface area contributed by atoms with Gasteiger partial charge in [0.25, 0.3) is 5.91 Å². The van der Waals surface area contributed by atoms with Gasteiger partial charge in [-0.05, 0) is 18.1 Å². The normalized spacial score (nSPS) is 14.0. The number of benzene rings is 1. The van der Waals surface area contributed by atoms with Gasteiger partial charge in [-0.15, -0.1) is 0 Å². The van der Waals surface area contributed by atoms with E-state index in [0.29, 0.717) is 16.3 Å². The number of ketones is 1. The van der Waals surface area contributed by atoms with Gasteiger partial charge in [-0.1, -0.05) is 37.7 Å². The molecular weight excluding hydrogens is 455 g/mol. The van der Waals surface area contributed by atoms with Gasteiger partial charge in [-0.2, -0.15) is 10.2 Å². The molecule has 2 aromatic rings. The molecule has 1 aliphatic heterocycles. The quantitative estimate of drug-likeness (QED) is 0.589. The number of para-hydroxylation sites is 1. The number of carbonyl (C=O) groups is 4. The number of anilines is 2. The molecule has 0 aliphatic carbocycles. The molecule has 1 aromatic carbocycles. The molecule has 0 radical (unpaired) electrons. The Morgan fingerprint density at radius 1 is 1.12 bits per heavy atom. The summed E-state index contributed by atoms with van der Waals surface area (Å²) in [7, 11) is 0. The second kappa shape index (κ2) is 10.4. The molecule has 3 rings (SSSR count). The van der Waals surface area contributed by atoms with Gasteiger partial charge in [-0.3, -0.25) is 14.4 Å². The second-order valence-electron chi connectivity index (χ2n) is 7.45. The van der Waals surface area contributed by atoms with Crippen LogP contribution in [0.25, 0.3) is 0 Å². The number of Topliss-reactive ketones (excluding diaryl/α,β-unsaturated/α-hetero) is 1. The third kappa shape index (κ3) is 5.45. The van der Waals surface area contributed by atoms with E-state index in [9.17, 15) is 23.6 Å². The Morgan fingerprint density at radius 2 is 1.82 bits per heavy atom. The molecule has 12 heteroatoms. The van der Waals surface area contributed by atoms with Gasteiger partial charge < -0.3 is 15.2 Å². The van der Waals surface area contributed by atoms with Crippen LogP contribution in [0, 0.1) is 5.92 Å². The van der Waals surface area contributed by atoms with Crippen LogP contribution in [0.4, 0.5) is 20.6 Å². The van der Waals surface area contributed by atoms with Gasteiger partial charge >= 0.3 is 12.1 Å². The average molecular weight is 476 g/mol. The molecule has 1 aromatic heterocycles. The zero-order valence-electron chi connectivity index (χ0n) is 17.7. The van der Waals surface area contributed by atoms with Crippen molar-refractivity contribution in [2.45, 2.75) is 42.2 Å². The maximum absolute atomic E-state index is 13.2. The van der Waals surface area contributed by atoms with Crippen molar-refractivity contribution >= 4 is 46.9 Å². The molecule has 174 valence electrons. The molecule has 1 aliphatic rings. The number of halogens is 1. The van der Waals surface area contributed by atoms with Crippen LogP contribution in [0.5, 0.6) is 0 Å².